The molecule has 0 amide bonds. The lowest BCUT2D eigenvalue weighted by Crippen LogP contribution is -2.12. The minimum absolute atomic E-state index is 0.600. The second-order valence-electron chi connectivity index (χ2n) is 7.32. The molecule has 0 spiro atoms. The van der Waals surface area contributed by atoms with Crippen molar-refractivity contribution in [2.75, 3.05) is 24.4 Å². The van der Waals surface area contributed by atoms with E-state index in [1.54, 1.807) is 0 Å². The molecule has 2 heteroatoms. The van der Waals surface area contributed by atoms with Crippen LogP contribution in [0.25, 0.3) is 0 Å². The highest BCUT2D eigenvalue weighted by atomic mass is 32.2. The Morgan fingerprint density at radius 2 is 1.62 bits per heavy atom. The van der Waals surface area contributed by atoms with Gasteiger partial charge in [0, 0.05) is 13.0 Å². The fourth-order valence-corrected chi connectivity index (χ4v) is 5.00. The van der Waals surface area contributed by atoms with E-state index < -0.39 is 0 Å². The molecule has 1 aromatic carbocycles. The van der Waals surface area contributed by atoms with Crippen molar-refractivity contribution >= 4 is 10.9 Å². The Labute approximate surface area is 152 Å². The zero-order chi connectivity index (χ0) is 16.9. The number of hydrogen-bond donors (Lipinski definition) is 0. The zero-order valence-corrected chi connectivity index (χ0v) is 16.5. The van der Waals surface area contributed by atoms with Gasteiger partial charge in [-0.15, -0.1) is 0 Å². The van der Waals surface area contributed by atoms with Gasteiger partial charge in [0.25, 0.3) is 0 Å². The van der Waals surface area contributed by atoms with Crippen LogP contribution in [-0.4, -0.2) is 30.5 Å². The average Bonchev–Trinajstić information content (AvgIpc) is 3.13. The van der Waals surface area contributed by atoms with E-state index in [1.807, 2.05) is 0 Å². The van der Waals surface area contributed by atoms with Crippen molar-refractivity contribution in [1.82, 2.24) is 0 Å². The summed E-state index contributed by atoms with van der Waals surface area (Å²) >= 11 is 0. The third-order valence-corrected chi connectivity index (χ3v) is 7.01. The third-order valence-electron chi connectivity index (χ3n) is 5.12. The molecule has 0 radical (unpaired) electrons. The van der Waals surface area contributed by atoms with Gasteiger partial charge in [0.15, 0.2) is 0 Å². The van der Waals surface area contributed by atoms with E-state index in [2.05, 4.69) is 36.6 Å². The second kappa shape index (κ2) is 12.8. The van der Waals surface area contributed by atoms with Crippen molar-refractivity contribution < 1.29 is 4.74 Å². The van der Waals surface area contributed by atoms with Crippen molar-refractivity contribution in [2.45, 2.75) is 76.7 Å². The first-order valence-electron chi connectivity index (χ1n) is 10.1. The smallest absolute Gasteiger partial charge is 0.111 e. The van der Waals surface area contributed by atoms with E-state index >= 15 is 0 Å². The molecule has 1 saturated heterocycles. The summed E-state index contributed by atoms with van der Waals surface area (Å²) < 4.78 is 5.68. The van der Waals surface area contributed by atoms with Crippen LogP contribution in [0.5, 0.6) is 0 Å². The van der Waals surface area contributed by atoms with Crippen LogP contribution in [0.2, 0.25) is 0 Å². The van der Waals surface area contributed by atoms with E-state index in [-0.39, 0.29) is 0 Å². The van der Waals surface area contributed by atoms with Gasteiger partial charge in [0.05, 0.1) is 12.4 Å². The molecule has 0 aromatic heterocycles. The molecule has 136 valence electrons. The highest BCUT2D eigenvalue weighted by Gasteiger charge is 2.14. The molecule has 0 bridgehead atoms. The second-order valence-corrected chi connectivity index (χ2v) is 9.70. The number of hydrogen-bond acceptors (Lipinski definition) is 1. The molecule has 0 saturated carbocycles. The van der Waals surface area contributed by atoms with E-state index in [4.69, 9.17) is 4.74 Å². The van der Waals surface area contributed by atoms with Gasteiger partial charge < -0.3 is 4.74 Å². The number of ether oxygens (including phenoxy) is 1. The lowest BCUT2D eigenvalue weighted by Gasteiger charge is -2.08. The van der Waals surface area contributed by atoms with Crippen LogP contribution < -0.4 is 0 Å². The molecule has 1 aromatic rings. The molecular weight excluding hydrogens is 312 g/mol. The maximum atomic E-state index is 5.68. The molecule has 1 aliphatic rings. The average molecular weight is 350 g/mol. The Hall–Kier alpha value is -0.470. The predicted octanol–water partition coefficient (Wildman–Crippen LogP) is 5.78. The van der Waals surface area contributed by atoms with Gasteiger partial charge >= 0.3 is 0 Å². The first kappa shape index (κ1) is 19.8. The number of benzene rings is 1. The molecule has 2 atom stereocenters. The summed E-state index contributed by atoms with van der Waals surface area (Å²) in [6.45, 7) is 1.01. The lowest BCUT2D eigenvalue weighted by molar-refractivity contribution is 0.102. The minimum Gasteiger partial charge on any atom is -0.378 e. The Morgan fingerprint density at radius 3 is 2.33 bits per heavy atom. The number of rotatable bonds is 13. The van der Waals surface area contributed by atoms with Crippen LogP contribution in [-0.2, 0) is 22.1 Å². The zero-order valence-electron chi connectivity index (χ0n) is 15.7. The van der Waals surface area contributed by atoms with E-state index in [0.29, 0.717) is 17.0 Å². The van der Waals surface area contributed by atoms with Crippen LogP contribution in [0.4, 0.5) is 0 Å². The molecule has 1 nitrogen and oxygen atoms in total. The molecule has 0 aliphatic carbocycles. The summed E-state index contributed by atoms with van der Waals surface area (Å²) in [6, 6.07) is 10.9. The van der Waals surface area contributed by atoms with Gasteiger partial charge in [-0.2, -0.15) is 0 Å². The fourth-order valence-electron chi connectivity index (χ4n) is 3.52. The number of unbranched alkanes of at least 4 members (excludes halogenated alkanes) is 6. The standard InChI is InChI=1S/C22H37OS/c1-24(20-17-21-13-8-7-9-14-21)19-11-6-4-2-3-5-10-15-22-16-12-18-23-22/h7-9,13-14,22H,2-6,10-12,15-20H2,1H3/q+1. The van der Waals surface area contributed by atoms with Gasteiger partial charge in [-0.05, 0) is 48.6 Å². The molecule has 1 heterocycles. The lowest BCUT2D eigenvalue weighted by atomic mass is 10.1. The van der Waals surface area contributed by atoms with Crippen LogP contribution in [0.1, 0.15) is 69.8 Å². The highest BCUT2D eigenvalue weighted by Crippen LogP contribution is 2.19. The highest BCUT2D eigenvalue weighted by molar-refractivity contribution is 7.96. The van der Waals surface area contributed by atoms with Crippen LogP contribution in [0.15, 0.2) is 30.3 Å². The van der Waals surface area contributed by atoms with Gasteiger partial charge in [0.1, 0.15) is 11.5 Å². The van der Waals surface area contributed by atoms with Crippen LogP contribution in [0.3, 0.4) is 0 Å². The molecule has 2 rings (SSSR count). The fraction of sp³-hybridized carbons (Fsp3) is 0.727. The van der Waals surface area contributed by atoms with E-state index in [1.165, 1.54) is 87.7 Å². The van der Waals surface area contributed by atoms with Gasteiger partial charge in [-0.3, -0.25) is 0 Å². The summed E-state index contributed by atoms with van der Waals surface area (Å²) in [6.07, 6.45) is 18.2. The molecule has 2 unspecified atom stereocenters. The SMILES string of the molecule is C[S+](CCCCCCCCCC1CCCO1)CCc1ccccc1. The minimum atomic E-state index is 0.600. The third kappa shape index (κ3) is 9.13. The van der Waals surface area contributed by atoms with Crippen molar-refractivity contribution in [3.8, 4) is 0 Å². The summed E-state index contributed by atoms with van der Waals surface area (Å²) in [5.41, 5.74) is 1.50. The molecular formula is C22H37OS+. The van der Waals surface area contributed by atoms with Gasteiger partial charge in [-0.25, -0.2) is 0 Å². The normalized spacial score (nSPS) is 18.8. The van der Waals surface area contributed by atoms with E-state index in [0.717, 1.165) is 6.61 Å². The first-order chi connectivity index (χ1) is 11.8. The monoisotopic (exact) mass is 349 g/mol. The summed E-state index contributed by atoms with van der Waals surface area (Å²) in [4.78, 5) is 0. The van der Waals surface area contributed by atoms with Crippen molar-refractivity contribution in [3.05, 3.63) is 35.9 Å². The first-order valence-corrected chi connectivity index (χ1v) is 12.1. The Balaban J connectivity index is 1.34. The summed E-state index contributed by atoms with van der Waals surface area (Å²) in [7, 11) is 0.604. The van der Waals surface area contributed by atoms with Crippen molar-refractivity contribution in [3.63, 3.8) is 0 Å². The maximum Gasteiger partial charge on any atom is 0.111 e. The predicted molar refractivity (Wildman–Crippen MR) is 109 cm³/mol. The Morgan fingerprint density at radius 1 is 0.917 bits per heavy atom. The number of aryl methyl sites for hydroxylation is 1. The maximum absolute atomic E-state index is 5.68. The molecule has 24 heavy (non-hydrogen) atoms. The largest absolute Gasteiger partial charge is 0.378 e. The van der Waals surface area contributed by atoms with Crippen LogP contribution >= 0.6 is 0 Å². The molecule has 1 aliphatic heterocycles. The quantitative estimate of drug-likeness (QED) is 0.324. The van der Waals surface area contributed by atoms with Crippen LogP contribution in [0, 0.1) is 0 Å². The van der Waals surface area contributed by atoms with Crippen molar-refractivity contribution in [2.24, 2.45) is 0 Å². The molecule has 0 N–H and O–H groups in total. The summed E-state index contributed by atoms with van der Waals surface area (Å²) in [5.74, 6) is 2.80. The Kier molecular flexibility index (Phi) is 10.6. The summed E-state index contributed by atoms with van der Waals surface area (Å²) in [5, 5.41) is 0. The topological polar surface area (TPSA) is 9.23 Å². The Bertz CT molecular complexity index is 400. The van der Waals surface area contributed by atoms with E-state index in [9.17, 15) is 0 Å². The van der Waals surface area contributed by atoms with Gasteiger partial charge in [-0.1, -0.05) is 62.4 Å². The van der Waals surface area contributed by atoms with Gasteiger partial charge in [0.2, 0.25) is 0 Å². The van der Waals surface area contributed by atoms with Crippen molar-refractivity contribution in [1.29, 1.82) is 0 Å². The molecule has 1 fully saturated rings.